The number of rotatable bonds is 3. The first kappa shape index (κ1) is 10.5. The maximum Gasteiger partial charge on any atom is 0.236 e. The number of amides is 1. The van der Waals surface area contributed by atoms with Crippen molar-refractivity contribution in [1.29, 1.82) is 0 Å². The van der Waals surface area contributed by atoms with Crippen LogP contribution in [0, 0.1) is 5.92 Å². The summed E-state index contributed by atoms with van der Waals surface area (Å²) in [5, 5.41) is 11.8. The smallest absolute Gasteiger partial charge is 0.236 e. The first-order chi connectivity index (χ1) is 6.27. The molecule has 0 atom stereocenters. The van der Waals surface area contributed by atoms with Gasteiger partial charge in [-0.3, -0.25) is 4.79 Å². The Bertz CT molecular complexity index is 165. The standard InChI is InChI=1S/C9H18N2O2/c1-10-6-9(13)11-4-2-8(7-12)3-5-11/h8,10,12H,2-7H2,1H3. The van der Waals surface area contributed by atoms with Gasteiger partial charge >= 0.3 is 0 Å². The fraction of sp³-hybridized carbons (Fsp3) is 0.889. The number of nitrogens with zero attached hydrogens (tertiary/aromatic N) is 1. The number of carbonyl (C=O) groups excluding carboxylic acids is 1. The van der Waals surface area contributed by atoms with Gasteiger partial charge in [0.2, 0.25) is 5.91 Å². The molecule has 0 radical (unpaired) electrons. The van der Waals surface area contributed by atoms with E-state index in [0.29, 0.717) is 12.5 Å². The van der Waals surface area contributed by atoms with Crippen LogP contribution < -0.4 is 5.32 Å². The van der Waals surface area contributed by atoms with Crippen molar-refractivity contribution in [3.63, 3.8) is 0 Å². The van der Waals surface area contributed by atoms with E-state index in [1.807, 2.05) is 4.90 Å². The summed E-state index contributed by atoms with van der Waals surface area (Å²) >= 11 is 0. The third kappa shape index (κ3) is 2.97. The molecule has 1 rings (SSSR count). The summed E-state index contributed by atoms with van der Waals surface area (Å²) in [5.41, 5.74) is 0. The summed E-state index contributed by atoms with van der Waals surface area (Å²) in [6, 6.07) is 0. The highest BCUT2D eigenvalue weighted by Gasteiger charge is 2.21. The van der Waals surface area contributed by atoms with Crippen molar-refractivity contribution >= 4 is 5.91 Å². The third-order valence-electron chi connectivity index (χ3n) is 2.55. The van der Waals surface area contributed by atoms with E-state index in [-0.39, 0.29) is 12.5 Å². The highest BCUT2D eigenvalue weighted by molar-refractivity contribution is 5.78. The molecule has 0 aromatic rings. The van der Waals surface area contributed by atoms with Crippen LogP contribution in [0.1, 0.15) is 12.8 Å². The Balaban J connectivity index is 2.28. The number of hydrogen-bond acceptors (Lipinski definition) is 3. The molecule has 1 aliphatic heterocycles. The van der Waals surface area contributed by atoms with E-state index in [4.69, 9.17) is 5.11 Å². The zero-order chi connectivity index (χ0) is 9.68. The molecule has 4 nitrogen and oxygen atoms in total. The molecule has 0 aromatic carbocycles. The van der Waals surface area contributed by atoms with Gasteiger partial charge in [0.25, 0.3) is 0 Å². The predicted octanol–water partition coefficient (Wildman–Crippen LogP) is -0.563. The van der Waals surface area contributed by atoms with Gasteiger partial charge in [0, 0.05) is 19.7 Å². The number of aliphatic hydroxyl groups is 1. The highest BCUT2D eigenvalue weighted by atomic mass is 16.3. The van der Waals surface area contributed by atoms with Gasteiger partial charge in [0.15, 0.2) is 0 Å². The molecular formula is C9H18N2O2. The Labute approximate surface area is 78.9 Å². The monoisotopic (exact) mass is 186 g/mol. The number of hydrogen-bond donors (Lipinski definition) is 2. The van der Waals surface area contributed by atoms with Gasteiger partial charge in [-0.05, 0) is 25.8 Å². The van der Waals surface area contributed by atoms with Gasteiger partial charge in [0.05, 0.1) is 6.54 Å². The van der Waals surface area contributed by atoms with Gasteiger partial charge in [-0.1, -0.05) is 0 Å². The molecule has 1 aliphatic rings. The number of nitrogens with one attached hydrogen (secondary N) is 1. The molecule has 1 saturated heterocycles. The predicted molar refractivity (Wildman–Crippen MR) is 50.3 cm³/mol. The van der Waals surface area contributed by atoms with Crippen molar-refractivity contribution in [3.8, 4) is 0 Å². The summed E-state index contributed by atoms with van der Waals surface area (Å²) in [6.45, 7) is 2.27. The molecule has 0 saturated carbocycles. The van der Waals surface area contributed by atoms with E-state index >= 15 is 0 Å². The molecule has 1 heterocycles. The number of carbonyl (C=O) groups is 1. The van der Waals surface area contributed by atoms with Crippen molar-refractivity contribution in [2.24, 2.45) is 5.92 Å². The second-order valence-electron chi connectivity index (χ2n) is 3.54. The third-order valence-corrected chi connectivity index (χ3v) is 2.55. The van der Waals surface area contributed by atoms with E-state index in [0.717, 1.165) is 25.9 Å². The fourth-order valence-electron chi connectivity index (χ4n) is 1.63. The molecule has 0 bridgehead atoms. The van der Waals surface area contributed by atoms with E-state index < -0.39 is 0 Å². The Hall–Kier alpha value is -0.610. The minimum Gasteiger partial charge on any atom is -0.396 e. The zero-order valence-electron chi connectivity index (χ0n) is 8.12. The lowest BCUT2D eigenvalue weighted by atomic mass is 9.98. The van der Waals surface area contributed by atoms with Gasteiger partial charge < -0.3 is 15.3 Å². The van der Waals surface area contributed by atoms with Crippen LogP contribution in [0.2, 0.25) is 0 Å². The molecule has 1 fully saturated rings. The molecule has 13 heavy (non-hydrogen) atoms. The van der Waals surface area contributed by atoms with E-state index in [9.17, 15) is 4.79 Å². The maximum atomic E-state index is 11.4. The van der Waals surface area contributed by atoms with Crippen molar-refractivity contribution in [1.82, 2.24) is 10.2 Å². The molecule has 76 valence electrons. The van der Waals surface area contributed by atoms with Crippen LogP contribution in [0.5, 0.6) is 0 Å². The van der Waals surface area contributed by atoms with E-state index in [1.54, 1.807) is 7.05 Å². The SMILES string of the molecule is CNCC(=O)N1CCC(CO)CC1. The molecule has 0 aliphatic carbocycles. The van der Waals surface area contributed by atoms with Crippen LogP contribution in [0.3, 0.4) is 0 Å². The number of likely N-dealkylation sites (N-methyl/N-ethyl adjacent to an activating group) is 1. The highest BCUT2D eigenvalue weighted by Crippen LogP contribution is 2.15. The second-order valence-corrected chi connectivity index (χ2v) is 3.54. The normalized spacial score (nSPS) is 19.1. The van der Waals surface area contributed by atoms with Crippen LogP contribution in [0.15, 0.2) is 0 Å². The van der Waals surface area contributed by atoms with Crippen molar-refractivity contribution in [2.75, 3.05) is 33.3 Å². The fourth-order valence-corrected chi connectivity index (χ4v) is 1.63. The number of aliphatic hydroxyl groups excluding tert-OH is 1. The molecule has 0 spiro atoms. The lowest BCUT2D eigenvalue weighted by molar-refractivity contribution is -0.131. The van der Waals surface area contributed by atoms with Crippen LogP contribution >= 0.6 is 0 Å². The van der Waals surface area contributed by atoms with Crippen LogP contribution in [-0.2, 0) is 4.79 Å². The largest absolute Gasteiger partial charge is 0.396 e. The van der Waals surface area contributed by atoms with Crippen molar-refractivity contribution < 1.29 is 9.90 Å². The van der Waals surface area contributed by atoms with Crippen molar-refractivity contribution in [2.45, 2.75) is 12.8 Å². The minimum atomic E-state index is 0.166. The second kappa shape index (κ2) is 5.19. The van der Waals surface area contributed by atoms with Gasteiger partial charge in [-0.25, -0.2) is 0 Å². The quantitative estimate of drug-likeness (QED) is 0.621. The minimum absolute atomic E-state index is 0.166. The topological polar surface area (TPSA) is 52.6 Å². The van der Waals surface area contributed by atoms with Crippen LogP contribution in [0.25, 0.3) is 0 Å². The summed E-state index contributed by atoms with van der Waals surface area (Å²) < 4.78 is 0. The van der Waals surface area contributed by atoms with E-state index in [1.165, 1.54) is 0 Å². The first-order valence-electron chi connectivity index (χ1n) is 4.81. The summed E-state index contributed by atoms with van der Waals surface area (Å²) in [7, 11) is 1.78. The molecule has 0 unspecified atom stereocenters. The Morgan fingerprint density at radius 3 is 2.62 bits per heavy atom. The number of likely N-dealkylation sites (tertiary alicyclic amines) is 1. The average Bonchev–Trinajstić information content (AvgIpc) is 2.18. The zero-order valence-corrected chi connectivity index (χ0v) is 8.12. The molecular weight excluding hydrogens is 168 g/mol. The summed E-state index contributed by atoms with van der Waals surface area (Å²) in [6.07, 6.45) is 1.87. The maximum absolute atomic E-state index is 11.4. The van der Waals surface area contributed by atoms with Gasteiger partial charge in [-0.2, -0.15) is 0 Å². The Morgan fingerprint density at radius 1 is 1.54 bits per heavy atom. The molecule has 0 aromatic heterocycles. The Kier molecular flexibility index (Phi) is 4.18. The lowest BCUT2D eigenvalue weighted by Gasteiger charge is -2.31. The Morgan fingerprint density at radius 2 is 2.15 bits per heavy atom. The van der Waals surface area contributed by atoms with E-state index in [2.05, 4.69) is 5.32 Å². The lowest BCUT2D eigenvalue weighted by Crippen LogP contribution is -2.42. The average molecular weight is 186 g/mol. The van der Waals surface area contributed by atoms with Crippen LogP contribution in [0.4, 0.5) is 0 Å². The molecule has 1 amide bonds. The molecule has 2 N–H and O–H groups in total. The summed E-state index contributed by atoms with van der Waals surface area (Å²) in [4.78, 5) is 13.3. The molecule has 4 heteroatoms. The van der Waals surface area contributed by atoms with Crippen LogP contribution in [-0.4, -0.2) is 49.2 Å². The van der Waals surface area contributed by atoms with Crippen molar-refractivity contribution in [3.05, 3.63) is 0 Å². The van der Waals surface area contributed by atoms with Gasteiger partial charge in [0.1, 0.15) is 0 Å². The number of piperidine rings is 1. The first-order valence-corrected chi connectivity index (χ1v) is 4.81. The summed E-state index contributed by atoms with van der Waals surface area (Å²) in [5.74, 6) is 0.567. The van der Waals surface area contributed by atoms with Gasteiger partial charge in [-0.15, -0.1) is 0 Å².